The number of nitrogens with zero attached hydrogens (tertiary/aromatic N) is 1. The molecule has 72 valence electrons. The van der Waals surface area contributed by atoms with Gasteiger partial charge in [0.15, 0.2) is 0 Å². The third-order valence-corrected chi connectivity index (χ3v) is 1.54. The minimum Gasteiger partial charge on any atom is -0.279 e. The number of benzene rings is 1. The monoisotopic (exact) mass is 186 g/mol. The van der Waals surface area contributed by atoms with Gasteiger partial charge in [0.2, 0.25) is 0 Å². The van der Waals surface area contributed by atoms with E-state index < -0.39 is 0 Å². The predicted octanol–water partition coefficient (Wildman–Crippen LogP) is 3.22. The molecule has 0 saturated heterocycles. The van der Waals surface area contributed by atoms with Crippen LogP contribution >= 0.6 is 0 Å². The summed E-state index contributed by atoms with van der Waals surface area (Å²) in [5.74, 6) is 0. The molecule has 0 unspecified atom stereocenters. The van der Waals surface area contributed by atoms with Gasteiger partial charge in [-0.2, -0.15) is 5.10 Å². The van der Waals surface area contributed by atoms with Gasteiger partial charge in [0.05, 0.1) is 5.69 Å². The van der Waals surface area contributed by atoms with Crippen molar-refractivity contribution in [1.82, 2.24) is 0 Å². The zero-order chi connectivity index (χ0) is 10.1. The predicted molar refractivity (Wildman–Crippen MR) is 62.5 cm³/mol. The second-order valence-electron chi connectivity index (χ2n) is 2.67. The molecule has 0 heterocycles. The van der Waals surface area contributed by atoms with Crippen LogP contribution in [0.1, 0.15) is 6.92 Å². The number of hydrazone groups is 1. The van der Waals surface area contributed by atoms with Crippen molar-refractivity contribution < 1.29 is 0 Å². The smallest absolute Gasteiger partial charge is 0.0561 e. The summed E-state index contributed by atoms with van der Waals surface area (Å²) in [4.78, 5) is 0. The van der Waals surface area contributed by atoms with Crippen molar-refractivity contribution in [3.05, 3.63) is 54.6 Å². The molecule has 0 spiro atoms. The van der Waals surface area contributed by atoms with Gasteiger partial charge in [0.1, 0.15) is 0 Å². The van der Waals surface area contributed by atoms with Crippen molar-refractivity contribution in [2.24, 2.45) is 5.10 Å². The lowest BCUT2D eigenvalue weighted by Crippen LogP contribution is -1.86. The highest BCUT2D eigenvalue weighted by Crippen LogP contribution is 2.03. The Morgan fingerprint density at radius 2 is 1.86 bits per heavy atom. The van der Waals surface area contributed by atoms with Gasteiger partial charge < -0.3 is 0 Å². The van der Waals surface area contributed by atoms with Crippen molar-refractivity contribution in [3.8, 4) is 0 Å². The Labute approximate surface area is 84.7 Å². The summed E-state index contributed by atoms with van der Waals surface area (Å²) in [5.41, 5.74) is 3.90. The zero-order valence-electron chi connectivity index (χ0n) is 8.22. The van der Waals surface area contributed by atoms with E-state index in [1.54, 1.807) is 6.21 Å². The van der Waals surface area contributed by atoms with Crippen molar-refractivity contribution in [1.29, 1.82) is 0 Å². The molecule has 1 rings (SSSR count). The molecule has 2 nitrogen and oxygen atoms in total. The minimum atomic E-state index is 0.989. The molecular formula is C12H14N2. The molecule has 1 aromatic rings. The van der Waals surface area contributed by atoms with Crippen molar-refractivity contribution in [3.63, 3.8) is 0 Å². The van der Waals surface area contributed by atoms with E-state index in [0.717, 1.165) is 5.69 Å². The summed E-state index contributed by atoms with van der Waals surface area (Å²) >= 11 is 0. The number of rotatable bonds is 4. The second-order valence-corrected chi connectivity index (χ2v) is 2.67. The van der Waals surface area contributed by atoms with Crippen LogP contribution in [0.15, 0.2) is 59.7 Å². The molecule has 0 radical (unpaired) electrons. The summed E-state index contributed by atoms with van der Waals surface area (Å²) in [6.45, 7) is 1.98. The quantitative estimate of drug-likeness (QED) is 0.436. The van der Waals surface area contributed by atoms with E-state index in [4.69, 9.17) is 0 Å². The summed E-state index contributed by atoms with van der Waals surface area (Å²) in [6, 6.07) is 9.84. The number of hydrogen-bond acceptors (Lipinski definition) is 2. The number of anilines is 1. The standard InChI is InChI=1S/C12H14N2/c1-2-3-4-8-11-13-14-12-9-6-5-7-10-12/h2-11,14H,1H3/b3-2-,8-4-,13-11?. The molecule has 0 atom stereocenters. The van der Waals surface area contributed by atoms with Gasteiger partial charge in [-0.15, -0.1) is 0 Å². The van der Waals surface area contributed by atoms with E-state index in [1.807, 2.05) is 61.6 Å². The molecular weight excluding hydrogens is 172 g/mol. The Kier molecular flexibility index (Phi) is 4.88. The van der Waals surface area contributed by atoms with Gasteiger partial charge in [-0.05, 0) is 25.1 Å². The Bertz CT molecular complexity index is 323. The first-order valence-electron chi connectivity index (χ1n) is 4.55. The van der Waals surface area contributed by atoms with Crippen LogP contribution in [0.3, 0.4) is 0 Å². The molecule has 14 heavy (non-hydrogen) atoms. The van der Waals surface area contributed by atoms with E-state index in [0.29, 0.717) is 0 Å². The highest BCUT2D eigenvalue weighted by molar-refractivity contribution is 5.72. The molecule has 0 fully saturated rings. The molecule has 1 aromatic carbocycles. The molecule has 0 amide bonds. The van der Waals surface area contributed by atoms with E-state index in [1.165, 1.54) is 0 Å². The zero-order valence-corrected chi connectivity index (χ0v) is 8.22. The second kappa shape index (κ2) is 6.66. The molecule has 0 aromatic heterocycles. The van der Waals surface area contributed by atoms with E-state index in [2.05, 4.69) is 10.5 Å². The lowest BCUT2D eigenvalue weighted by molar-refractivity contribution is 1.36. The van der Waals surface area contributed by atoms with Gasteiger partial charge in [0, 0.05) is 6.21 Å². The van der Waals surface area contributed by atoms with Gasteiger partial charge >= 0.3 is 0 Å². The fourth-order valence-electron chi connectivity index (χ4n) is 0.892. The average molecular weight is 186 g/mol. The molecule has 1 N–H and O–H groups in total. The highest BCUT2D eigenvalue weighted by atomic mass is 15.3. The molecule has 0 aliphatic heterocycles. The minimum absolute atomic E-state index is 0.989. The van der Waals surface area contributed by atoms with Crippen LogP contribution in [-0.4, -0.2) is 6.21 Å². The molecule has 0 aliphatic rings. The summed E-state index contributed by atoms with van der Waals surface area (Å²) in [6.07, 6.45) is 9.43. The van der Waals surface area contributed by atoms with E-state index in [-0.39, 0.29) is 0 Å². The first-order valence-corrected chi connectivity index (χ1v) is 4.55. The number of para-hydroxylation sites is 1. The van der Waals surface area contributed by atoms with Crippen LogP contribution in [-0.2, 0) is 0 Å². The van der Waals surface area contributed by atoms with Gasteiger partial charge in [0.25, 0.3) is 0 Å². The lowest BCUT2D eigenvalue weighted by Gasteiger charge is -1.96. The Morgan fingerprint density at radius 1 is 1.07 bits per heavy atom. The van der Waals surface area contributed by atoms with Crippen LogP contribution in [0, 0.1) is 0 Å². The number of nitrogens with one attached hydrogen (secondary N) is 1. The SMILES string of the molecule is C/C=C\C=C/C=NNc1ccccc1. The third kappa shape index (κ3) is 4.26. The maximum absolute atomic E-state index is 4.02. The summed E-state index contributed by atoms with van der Waals surface area (Å²) in [7, 11) is 0. The Morgan fingerprint density at radius 3 is 2.57 bits per heavy atom. The third-order valence-electron chi connectivity index (χ3n) is 1.54. The van der Waals surface area contributed by atoms with Crippen LogP contribution in [0.4, 0.5) is 5.69 Å². The van der Waals surface area contributed by atoms with Gasteiger partial charge in [-0.3, -0.25) is 5.43 Å². The first kappa shape index (κ1) is 10.3. The summed E-state index contributed by atoms with van der Waals surface area (Å²) < 4.78 is 0. The lowest BCUT2D eigenvalue weighted by atomic mass is 10.3. The Hall–Kier alpha value is -1.83. The van der Waals surface area contributed by atoms with Crippen LogP contribution < -0.4 is 5.43 Å². The summed E-state index contributed by atoms with van der Waals surface area (Å²) in [5, 5.41) is 4.02. The number of hydrogen-bond donors (Lipinski definition) is 1. The fourth-order valence-corrected chi connectivity index (χ4v) is 0.892. The van der Waals surface area contributed by atoms with Crippen molar-refractivity contribution >= 4 is 11.9 Å². The van der Waals surface area contributed by atoms with Crippen molar-refractivity contribution in [2.75, 3.05) is 5.43 Å². The first-order chi connectivity index (χ1) is 6.93. The normalized spacial score (nSPS) is 11.8. The van der Waals surface area contributed by atoms with Gasteiger partial charge in [-0.1, -0.05) is 36.4 Å². The van der Waals surface area contributed by atoms with Gasteiger partial charge in [-0.25, -0.2) is 0 Å². The van der Waals surface area contributed by atoms with Crippen LogP contribution in [0.25, 0.3) is 0 Å². The van der Waals surface area contributed by atoms with Crippen molar-refractivity contribution in [2.45, 2.75) is 6.92 Å². The molecule has 0 saturated carbocycles. The largest absolute Gasteiger partial charge is 0.279 e. The molecule has 2 heteroatoms. The molecule has 0 aliphatic carbocycles. The number of allylic oxidation sites excluding steroid dienone is 4. The highest BCUT2D eigenvalue weighted by Gasteiger charge is 1.81. The average Bonchev–Trinajstić information content (AvgIpc) is 2.25. The van der Waals surface area contributed by atoms with E-state index in [9.17, 15) is 0 Å². The fraction of sp³-hybridized carbons (Fsp3) is 0.0833. The molecule has 0 bridgehead atoms. The topological polar surface area (TPSA) is 24.4 Å². The maximum atomic E-state index is 4.02. The van der Waals surface area contributed by atoms with Crippen LogP contribution in [0.5, 0.6) is 0 Å². The van der Waals surface area contributed by atoms with Crippen LogP contribution in [0.2, 0.25) is 0 Å². The van der Waals surface area contributed by atoms with E-state index >= 15 is 0 Å². The Balaban J connectivity index is 2.34. The maximum Gasteiger partial charge on any atom is 0.0561 e.